The zero-order chi connectivity index (χ0) is 22.2. The van der Waals surface area contributed by atoms with Crippen LogP contribution in [0.2, 0.25) is 0 Å². The van der Waals surface area contributed by atoms with Crippen molar-refractivity contribution < 1.29 is 14.0 Å². The number of hydrogen-bond donors (Lipinski definition) is 2. The van der Waals surface area contributed by atoms with E-state index in [0.717, 1.165) is 11.3 Å². The van der Waals surface area contributed by atoms with Gasteiger partial charge in [-0.2, -0.15) is 0 Å². The summed E-state index contributed by atoms with van der Waals surface area (Å²) < 4.78 is 5.37. The number of likely N-dealkylation sites (N-methyl/N-ethyl adjacent to an activating group) is 1. The highest BCUT2D eigenvalue weighted by Gasteiger charge is 2.38. The molecule has 1 aliphatic rings. The average molecular weight is 553 g/mol. The Morgan fingerprint density at radius 2 is 1.94 bits per heavy atom. The van der Waals surface area contributed by atoms with Crippen LogP contribution in [-0.2, 0) is 16.0 Å². The van der Waals surface area contributed by atoms with E-state index in [9.17, 15) is 9.59 Å². The number of nitrogens with one attached hydrogen (secondary N) is 2. The molecule has 0 radical (unpaired) electrons. The van der Waals surface area contributed by atoms with E-state index in [2.05, 4.69) is 27.8 Å². The number of carbonyl (C=O) groups excluding carboxylic acids is 2. The van der Waals surface area contributed by atoms with Crippen molar-refractivity contribution in [3.8, 4) is 0 Å². The summed E-state index contributed by atoms with van der Waals surface area (Å²) in [5.74, 6) is 1.58. The van der Waals surface area contributed by atoms with Gasteiger partial charge in [-0.3, -0.25) is 9.59 Å². The summed E-state index contributed by atoms with van der Waals surface area (Å²) in [4.78, 5) is 32.2. The lowest BCUT2D eigenvalue weighted by molar-refractivity contribution is -0.128. The second kappa shape index (κ2) is 12.5. The fraction of sp³-hybridized carbons (Fsp3) is 0.435. The number of nitrogens with zero attached hydrogens (tertiary/aromatic N) is 3. The van der Waals surface area contributed by atoms with Gasteiger partial charge in [0.2, 0.25) is 11.8 Å². The molecule has 32 heavy (non-hydrogen) atoms. The number of carbonyl (C=O) groups is 2. The van der Waals surface area contributed by atoms with Gasteiger partial charge in [0.15, 0.2) is 5.96 Å². The summed E-state index contributed by atoms with van der Waals surface area (Å²) in [7, 11) is 5.27. The van der Waals surface area contributed by atoms with E-state index in [4.69, 9.17) is 4.42 Å². The molecule has 1 saturated heterocycles. The Morgan fingerprint density at radius 1 is 1.19 bits per heavy atom. The number of likely N-dealkylation sites (tertiary alicyclic amines) is 1. The van der Waals surface area contributed by atoms with Crippen LogP contribution in [0.25, 0.3) is 0 Å². The van der Waals surface area contributed by atoms with Gasteiger partial charge in [-0.25, -0.2) is 4.99 Å². The number of guanidine groups is 1. The smallest absolute Gasteiger partial charge is 0.243 e. The van der Waals surface area contributed by atoms with Crippen molar-refractivity contribution in [2.75, 3.05) is 40.8 Å². The number of furan rings is 1. The Morgan fingerprint density at radius 3 is 2.59 bits per heavy atom. The molecule has 1 aliphatic heterocycles. The van der Waals surface area contributed by atoms with Crippen molar-refractivity contribution in [3.05, 3.63) is 60.1 Å². The van der Waals surface area contributed by atoms with Crippen LogP contribution in [0.5, 0.6) is 0 Å². The normalized spacial score (nSPS) is 18.3. The van der Waals surface area contributed by atoms with Gasteiger partial charge in [0.1, 0.15) is 12.3 Å². The van der Waals surface area contributed by atoms with Crippen LogP contribution in [0.1, 0.15) is 23.8 Å². The molecule has 0 saturated carbocycles. The van der Waals surface area contributed by atoms with Crippen LogP contribution in [-0.4, -0.2) is 68.4 Å². The largest absolute Gasteiger partial charge is 0.469 e. The minimum absolute atomic E-state index is 0. The third-order valence-corrected chi connectivity index (χ3v) is 5.48. The molecule has 8 nitrogen and oxygen atoms in total. The van der Waals surface area contributed by atoms with Gasteiger partial charge in [0, 0.05) is 53.0 Å². The first-order chi connectivity index (χ1) is 15.0. The summed E-state index contributed by atoms with van der Waals surface area (Å²) in [5.41, 5.74) is 1.12. The first-order valence-corrected chi connectivity index (χ1v) is 10.5. The molecule has 1 aromatic carbocycles. The van der Waals surface area contributed by atoms with Crippen LogP contribution in [0, 0.1) is 5.92 Å². The van der Waals surface area contributed by atoms with Crippen LogP contribution in [0.3, 0.4) is 0 Å². The lowest BCUT2D eigenvalue weighted by atomic mass is 9.94. The summed E-state index contributed by atoms with van der Waals surface area (Å²) >= 11 is 0. The average Bonchev–Trinajstić information content (AvgIpc) is 3.38. The predicted octanol–water partition coefficient (Wildman–Crippen LogP) is 2.28. The fourth-order valence-corrected chi connectivity index (χ4v) is 3.73. The lowest BCUT2D eigenvalue weighted by Gasteiger charge is -2.26. The minimum atomic E-state index is -0.0786. The van der Waals surface area contributed by atoms with E-state index in [-0.39, 0.29) is 54.3 Å². The van der Waals surface area contributed by atoms with Crippen molar-refractivity contribution in [3.63, 3.8) is 0 Å². The number of rotatable bonds is 8. The molecule has 3 rings (SSSR count). The van der Waals surface area contributed by atoms with E-state index in [1.165, 1.54) is 4.90 Å². The topological polar surface area (TPSA) is 90.2 Å². The maximum Gasteiger partial charge on any atom is 0.243 e. The van der Waals surface area contributed by atoms with E-state index in [1.807, 2.05) is 42.3 Å². The lowest BCUT2D eigenvalue weighted by Crippen LogP contribution is -2.42. The summed E-state index contributed by atoms with van der Waals surface area (Å²) in [6.45, 7) is 1.23. The monoisotopic (exact) mass is 553 g/mol. The molecule has 1 aromatic heterocycles. The number of hydrogen-bond acceptors (Lipinski definition) is 4. The van der Waals surface area contributed by atoms with E-state index < -0.39 is 0 Å². The van der Waals surface area contributed by atoms with Crippen molar-refractivity contribution in [1.29, 1.82) is 0 Å². The molecule has 0 aliphatic carbocycles. The highest BCUT2D eigenvalue weighted by molar-refractivity contribution is 14.0. The van der Waals surface area contributed by atoms with Gasteiger partial charge in [-0.15, -0.1) is 24.0 Å². The van der Waals surface area contributed by atoms with Crippen LogP contribution in [0.4, 0.5) is 0 Å². The van der Waals surface area contributed by atoms with E-state index in [1.54, 1.807) is 20.4 Å². The quantitative estimate of drug-likeness (QED) is 0.298. The minimum Gasteiger partial charge on any atom is -0.469 e. The van der Waals surface area contributed by atoms with Gasteiger partial charge >= 0.3 is 0 Å². The first-order valence-electron chi connectivity index (χ1n) is 10.5. The highest BCUT2D eigenvalue weighted by atomic mass is 127. The molecule has 2 amide bonds. The molecule has 2 heterocycles. The SMILES string of the molecule is CN(C)C(=O)CN=C(NCCc1ccco1)NCC1CC(=O)N(C)C1c1ccccc1.I. The van der Waals surface area contributed by atoms with Crippen molar-refractivity contribution in [2.45, 2.75) is 18.9 Å². The Labute approximate surface area is 206 Å². The van der Waals surface area contributed by atoms with Crippen molar-refractivity contribution in [2.24, 2.45) is 10.9 Å². The fourth-order valence-electron chi connectivity index (χ4n) is 3.73. The van der Waals surface area contributed by atoms with Crippen LogP contribution < -0.4 is 10.6 Å². The number of amides is 2. The second-order valence-corrected chi connectivity index (χ2v) is 7.91. The molecule has 0 spiro atoms. The Hall–Kier alpha value is -2.56. The number of benzene rings is 1. The number of halogens is 1. The van der Waals surface area contributed by atoms with Crippen LogP contribution >= 0.6 is 24.0 Å². The van der Waals surface area contributed by atoms with Crippen LogP contribution in [0.15, 0.2) is 58.1 Å². The molecular formula is C23H32IN5O3. The molecular weight excluding hydrogens is 521 g/mol. The molecule has 2 aromatic rings. The predicted molar refractivity (Wildman–Crippen MR) is 135 cm³/mol. The first kappa shape index (κ1) is 25.7. The Balaban J connectivity index is 0.00000363. The van der Waals surface area contributed by atoms with E-state index in [0.29, 0.717) is 31.9 Å². The molecule has 174 valence electrons. The summed E-state index contributed by atoms with van der Waals surface area (Å²) in [6.07, 6.45) is 2.82. The molecule has 2 unspecified atom stereocenters. The standard InChI is InChI=1S/C23H31N5O3.HI/c1-27(2)21(30)16-26-23(24-12-11-19-10-7-13-31-19)25-15-18-14-20(29)28(3)22(18)17-8-5-4-6-9-17;/h4-10,13,18,22H,11-12,14-16H2,1-3H3,(H2,24,25,26);1H. The molecule has 0 bridgehead atoms. The molecule has 9 heteroatoms. The third-order valence-electron chi connectivity index (χ3n) is 5.48. The maximum atomic E-state index is 12.4. The zero-order valence-electron chi connectivity index (χ0n) is 18.8. The highest BCUT2D eigenvalue weighted by Crippen LogP contribution is 2.36. The van der Waals surface area contributed by atoms with E-state index >= 15 is 0 Å². The Bertz CT molecular complexity index is 886. The van der Waals surface area contributed by atoms with Gasteiger partial charge in [-0.05, 0) is 17.7 Å². The van der Waals surface area contributed by atoms with Crippen molar-refractivity contribution >= 4 is 41.8 Å². The molecule has 2 atom stereocenters. The third kappa shape index (κ3) is 6.98. The maximum absolute atomic E-state index is 12.4. The van der Waals surface area contributed by atoms with Gasteiger partial charge < -0.3 is 24.9 Å². The van der Waals surface area contributed by atoms with Crippen molar-refractivity contribution in [1.82, 2.24) is 20.4 Å². The van der Waals surface area contributed by atoms with Gasteiger partial charge in [0.25, 0.3) is 0 Å². The number of aliphatic imine (C=N–C) groups is 1. The summed E-state index contributed by atoms with van der Waals surface area (Å²) in [5, 5.41) is 6.60. The molecule has 1 fully saturated rings. The van der Waals surface area contributed by atoms with Gasteiger partial charge in [0.05, 0.1) is 12.3 Å². The summed E-state index contributed by atoms with van der Waals surface area (Å²) in [6, 6.07) is 13.9. The molecule has 2 N–H and O–H groups in total. The zero-order valence-corrected chi connectivity index (χ0v) is 21.1. The second-order valence-electron chi connectivity index (χ2n) is 7.91. The van der Waals surface area contributed by atoms with Gasteiger partial charge in [-0.1, -0.05) is 30.3 Å². The Kier molecular flexibility index (Phi) is 10.0.